The molecule has 0 radical (unpaired) electrons. The number of hydrogen-bond acceptors (Lipinski definition) is 3. The Morgan fingerprint density at radius 2 is 1.96 bits per heavy atom. The Kier molecular flexibility index (Phi) is 4.99. The van der Waals surface area contributed by atoms with E-state index in [4.69, 9.17) is 11.6 Å². The summed E-state index contributed by atoms with van der Waals surface area (Å²) in [6, 6.07) is 17.3. The molecule has 2 aromatic carbocycles. The van der Waals surface area contributed by atoms with Gasteiger partial charge in [0.25, 0.3) is 5.91 Å². The van der Waals surface area contributed by atoms with Crippen molar-refractivity contribution in [2.45, 2.75) is 13.0 Å². The van der Waals surface area contributed by atoms with Crippen molar-refractivity contribution in [3.8, 4) is 0 Å². The van der Waals surface area contributed by atoms with Gasteiger partial charge in [0.05, 0.1) is 5.71 Å². The van der Waals surface area contributed by atoms with Gasteiger partial charge in [-0.15, -0.1) is 0 Å². The van der Waals surface area contributed by atoms with Crippen LogP contribution < -0.4 is 5.32 Å². The predicted octanol–water partition coefficient (Wildman–Crippen LogP) is 4.06. The molecule has 1 N–H and O–H groups in total. The van der Waals surface area contributed by atoms with Crippen LogP contribution in [0.3, 0.4) is 0 Å². The number of pyridine rings is 1. The maximum atomic E-state index is 12.4. The second-order valence-electron chi connectivity index (χ2n) is 6.40. The van der Waals surface area contributed by atoms with Gasteiger partial charge in [0.15, 0.2) is 0 Å². The van der Waals surface area contributed by atoms with Gasteiger partial charge in [-0.25, -0.2) is 0 Å². The van der Waals surface area contributed by atoms with Gasteiger partial charge >= 0.3 is 0 Å². The summed E-state index contributed by atoms with van der Waals surface area (Å²) in [5.41, 5.74) is 5.83. The van der Waals surface area contributed by atoms with Crippen molar-refractivity contribution in [3.63, 3.8) is 0 Å². The lowest BCUT2D eigenvalue weighted by atomic mass is 9.93. The van der Waals surface area contributed by atoms with Gasteiger partial charge < -0.3 is 5.32 Å². The second kappa shape index (κ2) is 7.72. The number of carbonyl (C=O) groups excluding carboxylic acids is 1. The standard InChI is InChI=1S/C22H18ClN3O/c23-19-8-7-16-9-11-25-21(20(16)12-19)17-3-5-18(6-4-17)22(27)26-14-15-2-1-10-24-13-15/h1-8,10,12-13H,9,11,14H2,(H,26,27). The summed E-state index contributed by atoms with van der Waals surface area (Å²) in [5.74, 6) is -0.112. The van der Waals surface area contributed by atoms with Gasteiger partial charge in [0.1, 0.15) is 0 Å². The van der Waals surface area contributed by atoms with Crippen LogP contribution in [0.1, 0.15) is 32.6 Å². The molecule has 1 aromatic heterocycles. The van der Waals surface area contributed by atoms with Crippen molar-refractivity contribution in [1.82, 2.24) is 10.3 Å². The zero-order valence-corrected chi connectivity index (χ0v) is 15.4. The van der Waals surface area contributed by atoms with Crippen LogP contribution in [0, 0.1) is 0 Å². The van der Waals surface area contributed by atoms with Gasteiger partial charge in [-0.1, -0.05) is 35.9 Å². The summed E-state index contributed by atoms with van der Waals surface area (Å²) in [6.45, 7) is 1.21. The molecule has 3 aromatic rings. The average molecular weight is 376 g/mol. The summed E-state index contributed by atoms with van der Waals surface area (Å²) >= 11 is 6.17. The monoisotopic (exact) mass is 375 g/mol. The van der Waals surface area contributed by atoms with E-state index in [0.29, 0.717) is 17.1 Å². The summed E-state index contributed by atoms with van der Waals surface area (Å²) in [7, 11) is 0. The van der Waals surface area contributed by atoms with Crippen LogP contribution in [0.5, 0.6) is 0 Å². The van der Waals surface area contributed by atoms with E-state index in [2.05, 4.69) is 21.4 Å². The number of fused-ring (bicyclic) bond motifs is 1. The summed E-state index contributed by atoms with van der Waals surface area (Å²) in [6.07, 6.45) is 4.38. The zero-order chi connectivity index (χ0) is 18.6. The van der Waals surface area contributed by atoms with Gasteiger partial charge in [-0.3, -0.25) is 14.8 Å². The molecule has 0 aliphatic carbocycles. The van der Waals surface area contributed by atoms with E-state index in [1.165, 1.54) is 5.56 Å². The van der Waals surface area contributed by atoms with Crippen molar-refractivity contribution in [3.05, 3.63) is 99.8 Å². The molecule has 4 nitrogen and oxygen atoms in total. The molecule has 0 bridgehead atoms. The van der Waals surface area contributed by atoms with E-state index in [1.54, 1.807) is 12.4 Å². The quantitative estimate of drug-likeness (QED) is 0.747. The lowest BCUT2D eigenvalue weighted by Crippen LogP contribution is -2.23. The Hall–Kier alpha value is -2.98. The van der Waals surface area contributed by atoms with Crippen LogP contribution in [-0.2, 0) is 13.0 Å². The molecule has 1 aliphatic rings. The molecule has 1 amide bonds. The normalized spacial score (nSPS) is 12.9. The molecule has 27 heavy (non-hydrogen) atoms. The maximum absolute atomic E-state index is 12.4. The highest BCUT2D eigenvalue weighted by Gasteiger charge is 2.16. The fourth-order valence-corrected chi connectivity index (χ4v) is 3.35. The van der Waals surface area contributed by atoms with E-state index >= 15 is 0 Å². The number of benzene rings is 2. The first-order valence-corrected chi connectivity index (χ1v) is 9.19. The number of nitrogens with zero attached hydrogens (tertiary/aromatic N) is 2. The van der Waals surface area contributed by atoms with E-state index in [1.807, 2.05) is 48.5 Å². The smallest absolute Gasteiger partial charge is 0.251 e. The molecule has 2 heterocycles. The molecule has 1 aliphatic heterocycles. The van der Waals surface area contributed by atoms with E-state index in [9.17, 15) is 4.79 Å². The third-order valence-corrected chi connectivity index (χ3v) is 4.81. The number of aromatic nitrogens is 1. The number of aliphatic imine (C=N–C) groups is 1. The third-order valence-electron chi connectivity index (χ3n) is 4.57. The molecule has 0 unspecified atom stereocenters. The largest absolute Gasteiger partial charge is 0.348 e. The number of hydrogen-bond donors (Lipinski definition) is 1. The summed E-state index contributed by atoms with van der Waals surface area (Å²) in [5, 5.41) is 3.61. The summed E-state index contributed by atoms with van der Waals surface area (Å²) in [4.78, 5) is 21.1. The Balaban J connectivity index is 1.50. The molecular formula is C22H18ClN3O. The average Bonchev–Trinajstić information content (AvgIpc) is 2.72. The summed E-state index contributed by atoms with van der Waals surface area (Å²) < 4.78 is 0. The van der Waals surface area contributed by atoms with Crippen LogP contribution in [0.4, 0.5) is 0 Å². The van der Waals surface area contributed by atoms with Crippen molar-refractivity contribution < 1.29 is 4.79 Å². The maximum Gasteiger partial charge on any atom is 0.251 e. The van der Waals surface area contributed by atoms with Crippen LogP contribution in [0.25, 0.3) is 0 Å². The minimum atomic E-state index is -0.112. The topological polar surface area (TPSA) is 54.4 Å². The first kappa shape index (κ1) is 17.4. The fourth-order valence-electron chi connectivity index (χ4n) is 3.17. The Bertz CT molecular complexity index is 998. The number of nitrogens with one attached hydrogen (secondary N) is 1. The molecule has 5 heteroatoms. The molecule has 0 atom stereocenters. The van der Waals surface area contributed by atoms with Gasteiger partial charge in [-0.2, -0.15) is 0 Å². The second-order valence-corrected chi connectivity index (χ2v) is 6.84. The minimum Gasteiger partial charge on any atom is -0.348 e. The molecular weight excluding hydrogens is 358 g/mol. The molecule has 134 valence electrons. The lowest BCUT2D eigenvalue weighted by Gasteiger charge is -2.17. The molecule has 0 spiro atoms. The first-order chi connectivity index (χ1) is 13.2. The number of halogens is 1. The van der Waals surface area contributed by atoms with Crippen molar-refractivity contribution >= 4 is 23.2 Å². The molecule has 0 fully saturated rings. The van der Waals surface area contributed by atoms with E-state index < -0.39 is 0 Å². The van der Waals surface area contributed by atoms with Crippen LogP contribution in [0.2, 0.25) is 5.02 Å². The third kappa shape index (κ3) is 3.91. The predicted molar refractivity (Wildman–Crippen MR) is 108 cm³/mol. The van der Waals surface area contributed by atoms with Crippen LogP contribution in [0.15, 0.2) is 72.0 Å². The van der Waals surface area contributed by atoms with Gasteiger partial charge in [0.2, 0.25) is 0 Å². The first-order valence-electron chi connectivity index (χ1n) is 8.81. The number of rotatable bonds is 4. The molecule has 0 saturated carbocycles. The Morgan fingerprint density at radius 1 is 1.11 bits per heavy atom. The lowest BCUT2D eigenvalue weighted by molar-refractivity contribution is 0.0951. The fraction of sp³-hybridized carbons (Fsp3) is 0.136. The molecule has 4 rings (SSSR count). The van der Waals surface area contributed by atoms with Crippen LogP contribution in [-0.4, -0.2) is 23.1 Å². The van der Waals surface area contributed by atoms with E-state index in [-0.39, 0.29) is 5.91 Å². The highest BCUT2D eigenvalue weighted by atomic mass is 35.5. The van der Waals surface area contributed by atoms with Gasteiger partial charge in [0, 0.05) is 47.2 Å². The highest BCUT2D eigenvalue weighted by Crippen LogP contribution is 2.24. The van der Waals surface area contributed by atoms with Crippen molar-refractivity contribution in [2.24, 2.45) is 4.99 Å². The van der Waals surface area contributed by atoms with Gasteiger partial charge in [-0.05, 0) is 47.9 Å². The van der Waals surface area contributed by atoms with E-state index in [0.717, 1.165) is 35.4 Å². The Morgan fingerprint density at radius 3 is 2.74 bits per heavy atom. The minimum absolute atomic E-state index is 0.112. The van der Waals surface area contributed by atoms with Crippen molar-refractivity contribution in [2.75, 3.05) is 6.54 Å². The Labute approximate surface area is 162 Å². The van der Waals surface area contributed by atoms with Crippen LogP contribution >= 0.6 is 11.6 Å². The number of amides is 1. The van der Waals surface area contributed by atoms with Crippen molar-refractivity contribution in [1.29, 1.82) is 0 Å². The number of carbonyl (C=O) groups is 1. The highest BCUT2D eigenvalue weighted by molar-refractivity contribution is 6.31. The zero-order valence-electron chi connectivity index (χ0n) is 14.7. The SMILES string of the molecule is O=C(NCc1cccnc1)c1ccc(C2=NCCc3ccc(Cl)cc32)cc1. The molecule has 0 saturated heterocycles.